The molecule has 2 atom stereocenters. The van der Waals surface area contributed by atoms with Crippen molar-refractivity contribution in [1.82, 2.24) is 10.2 Å². The summed E-state index contributed by atoms with van der Waals surface area (Å²) in [6, 6.07) is 1.62. The first-order valence-corrected chi connectivity index (χ1v) is 5.87. The van der Waals surface area contributed by atoms with Crippen LogP contribution in [-0.4, -0.2) is 36.6 Å². The summed E-state index contributed by atoms with van der Waals surface area (Å²) in [5.41, 5.74) is 1.25. The number of nitrogens with zero attached hydrogens (tertiary/aromatic N) is 1. The van der Waals surface area contributed by atoms with Gasteiger partial charge in [0, 0.05) is 18.6 Å². The fourth-order valence-corrected chi connectivity index (χ4v) is 2.73. The van der Waals surface area contributed by atoms with E-state index in [1.165, 1.54) is 44.3 Å². The molecule has 2 heteroatoms. The highest BCUT2D eigenvalue weighted by molar-refractivity contribution is 4.95. The maximum absolute atomic E-state index is 3.93. The molecule has 14 heavy (non-hydrogen) atoms. The summed E-state index contributed by atoms with van der Waals surface area (Å²) in [4.78, 5) is 2.67. The molecule has 2 aliphatic rings. The van der Waals surface area contributed by atoms with E-state index in [4.69, 9.17) is 0 Å². The second kappa shape index (κ2) is 4.45. The monoisotopic (exact) mass is 194 g/mol. The Balaban J connectivity index is 1.77. The van der Waals surface area contributed by atoms with Gasteiger partial charge in [0.2, 0.25) is 0 Å². The average molecular weight is 194 g/mol. The summed E-state index contributed by atoms with van der Waals surface area (Å²) < 4.78 is 0. The third-order valence-corrected chi connectivity index (χ3v) is 3.51. The second-order valence-corrected chi connectivity index (χ2v) is 4.89. The molecule has 0 aliphatic carbocycles. The molecule has 2 rings (SSSR count). The van der Waals surface area contributed by atoms with Gasteiger partial charge in [0.1, 0.15) is 0 Å². The first-order chi connectivity index (χ1) is 6.75. The van der Waals surface area contributed by atoms with Gasteiger partial charge in [0.25, 0.3) is 0 Å². The Morgan fingerprint density at radius 1 is 1.43 bits per heavy atom. The highest BCUT2D eigenvalue weighted by Crippen LogP contribution is 2.26. The molecule has 2 aliphatic heterocycles. The van der Waals surface area contributed by atoms with Gasteiger partial charge in [-0.25, -0.2) is 0 Å². The Hall–Kier alpha value is -0.340. The van der Waals surface area contributed by atoms with Gasteiger partial charge in [-0.3, -0.25) is 0 Å². The molecule has 2 heterocycles. The molecule has 2 nitrogen and oxygen atoms in total. The molecular formula is C12H22N2. The standard InChI is InChI=1S/C12H22N2/c1-10(2)9-13-11-5-7-14-6-3-4-12(14)8-11/h11-13H,1,3-9H2,2H3. The van der Waals surface area contributed by atoms with Crippen molar-refractivity contribution in [2.45, 2.75) is 44.7 Å². The molecule has 0 amide bonds. The van der Waals surface area contributed by atoms with E-state index < -0.39 is 0 Å². The zero-order valence-corrected chi connectivity index (χ0v) is 9.26. The number of fused-ring (bicyclic) bond motifs is 1. The van der Waals surface area contributed by atoms with Crippen LogP contribution in [0.3, 0.4) is 0 Å². The number of hydrogen-bond acceptors (Lipinski definition) is 2. The highest BCUT2D eigenvalue weighted by atomic mass is 15.2. The lowest BCUT2D eigenvalue weighted by atomic mass is 9.97. The highest BCUT2D eigenvalue weighted by Gasteiger charge is 2.31. The Bertz CT molecular complexity index is 212. The van der Waals surface area contributed by atoms with Gasteiger partial charge in [-0.15, -0.1) is 0 Å². The van der Waals surface area contributed by atoms with Gasteiger partial charge >= 0.3 is 0 Å². The summed E-state index contributed by atoms with van der Waals surface area (Å²) in [5, 5.41) is 3.61. The van der Waals surface area contributed by atoms with Crippen LogP contribution in [0.15, 0.2) is 12.2 Å². The number of piperidine rings is 1. The molecule has 0 radical (unpaired) electrons. The summed E-state index contributed by atoms with van der Waals surface area (Å²) in [6.07, 6.45) is 5.51. The van der Waals surface area contributed by atoms with Crippen LogP contribution in [0.4, 0.5) is 0 Å². The van der Waals surface area contributed by atoms with Crippen molar-refractivity contribution in [2.75, 3.05) is 19.6 Å². The Kier molecular flexibility index (Phi) is 3.24. The predicted molar refractivity (Wildman–Crippen MR) is 60.4 cm³/mol. The van der Waals surface area contributed by atoms with E-state index in [0.717, 1.165) is 18.6 Å². The Labute approximate surface area is 87.4 Å². The molecule has 0 aromatic heterocycles. The summed E-state index contributed by atoms with van der Waals surface area (Å²) in [6.45, 7) is 9.67. The van der Waals surface area contributed by atoms with Crippen molar-refractivity contribution in [2.24, 2.45) is 0 Å². The van der Waals surface area contributed by atoms with Crippen molar-refractivity contribution in [1.29, 1.82) is 0 Å². The predicted octanol–water partition coefficient (Wildman–Crippen LogP) is 1.78. The topological polar surface area (TPSA) is 15.3 Å². The minimum atomic E-state index is 0.742. The van der Waals surface area contributed by atoms with E-state index in [9.17, 15) is 0 Å². The number of rotatable bonds is 3. The van der Waals surface area contributed by atoms with Gasteiger partial charge in [0.15, 0.2) is 0 Å². The van der Waals surface area contributed by atoms with E-state index in [-0.39, 0.29) is 0 Å². The zero-order valence-electron chi connectivity index (χ0n) is 9.26. The molecule has 2 saturated heterocycles. The van der Waals surface area contributed by atoms with Crippen LogP contribution in [-0.2, 0) is 0 Å². The molecule has 0 bridgehead atoms. The third-order valence-electron chi connectivity index (χ3n) is 3.51. The molecule has 0 aromatic carbocycles. The fraction of sp³-hybridized carbons (Fsp3) is 0.833. The van der Waals surface area contributed by atoms with Crippen molar-refractivity contribution < 1.29 is 0 Å². The maximum atomic E-state index is 3.93. The van der Waals surface area contributed by atoms with Gasteiger partial charge in [0.05, 0.1) is 0 Å². The maximum Gasteiger partial charge on any atom is 0.0161 e. The minimum absolute atomic E-state index is 0.742. The van der Waals surface area contributed by atoms with Crippen molar-refractivity contribution in [3.63, 3.8) is 0 Å². The van der Waals surface area contributed by atoms with Crippen LogP contribution in [0.25, 0.3) is 0 Å². The van der Waals surface area contributed by atoms with E-state index in [0.29, 0.717) is 0 Å². The largest absolute Gasteiger partial charge is 0.310 e. The molecule has 0 spiro atoms. The Morgan fingerprint density at radius 2 is 2.29 bits per heavy atom. The zero-order chi connectivity index (χ0) is 9.97. The first kappa shape index (κ1) is 10.2. The Morgan fingerprint density at radius 3 is 3.07 bits per heavy atom. The van der Waals surface area contributed by atoms with Gasteiger partial charge in [-0.1, -0.05) is 12.2 Å². The van der Waals surface area contributed by atoms with E-state index >= 15 is 0 Å². The second-order valence-electron chi connectivity index (χ2n) is 4.89. The lowest BCUT2D eigenvalue weighted by Gasteiger charge is -2.35. The lowest BCUT2D eigenvalue weighted by Crippen LogP contribution is -2.45. The SMILES string of the molecule is C=C(C)CNC1CCN2CCCC2C1. The number of hydrogen-bond donors (Lipinski definition) is 1. The molecule has 1 N–H and O–H groups in total. The van der Waals surface area contributed by atoms with E-state index in [2.05, 4.69) is 23.7 Å². The molecule has 2 fully saturated rings. The number of nitrogens with one attached hydrogen (secondary N) is 1. The van der Waals surface area contributed by atoms with Gasteiger partial charge in [-0.2, -0.15) is 0 Å². The van der Waals surface area contributed by atoms with E-state index in [1.807, 2.05) is 0 Å². The van der Waals surface area contributed by atoms with Crippen LogP contribution >= 0.6 is 0 Å². The van der Waals surface area contributed by atoms with Crippen molar-refractivity contribution in [3.8, 4) is 0 Å². The smallest absolute Gasteiger partial charge is 0.0161 e. The lowest BCUT2D eigenvalue weighted by molar-refractivity contribution is 0.168. The van der Waals surface area contributed by atoms with Crippen molar-refractivity contribution >= 4 is 0 Å². The van der Waals surface area contributed by atoms with Crippen LogP contribution in [0.1, 0.15) is 32.6 Å². The quantitative estimate of drug-likeness (QED) is 0.689. The summed E-state index contributed by atoms with van der Waals surface area (Å²) in [5.74, 6) is 0. The molecule has 80 valence electrons. The van der Waals surface area contributed by atoms with Crippen molar-refractivity contribution in [3.05, 3.63) is 12.2 Å². The van der Waals surface area contributed by atoms with Crippen LogP contribution in [0.5, 0.6) is 0 Å². The molecule has 0 aromatic rings. The van der Waals surface area contributed by atoms with Gasteiger partial charge in [-0.05, 0) is 45.7 Å². The first-order valence-electron chi connectivity index (χ1n) is 5.87. The van der Waals surface area contributed by atoms with E-state index in [1.54, 1.807) is 0 Å². The van der Waals surface area contributed by atoms with Crippen LogP contribution in [0, 0.1) is 0 Å². The fourth-order valence-electron chi connectivity index (χ4n) is 2.73. The molecular weight excluding hydrogens is 172 g/mol. The summed E-state index contributed by atoms with van der Waals surface area (Å²) >= 11 is 0. The summed E-state index contributed by atoms with van der Waals surface area (Å²) in [7, 11) is 0. The average Bonchev–Trinajstić information content (AvgIpc) is 2.61. The van der Waals surface area contributed by atoms with Crippen LogP contribution < -0.4 is 5.32 Å². The normalized spacial score (nSPS) is 32.9. The minimum Gasteiger partial charge on any atom is -0.310 e. The van der Waals surface area contributed by atoms with Crippen LogP contribution in [0.2, 0.25) is 0 Å². The molecule has 0 saturated carbocycles. The van der Waals surface area contributed by atoms with Gasteiger partial charge < -0.3 is 10.2 Å². The molecule has 2 unspecified atom stereocenters. The third kappa shape index (κ3) is 2.37.